The van der Waals surface area contributed by atoms with Gasteiger partial charge in [-0.1, -0.05) is 12.1 Å². The summed E-state index contributed by atoms with van der Waals surface area (Å²) in [6.45, 7) is 4.64. The number of hydrogen-bond donors (Lipinski definition) is 2. The molecule has 2 N–H and O–H groups in total. The van der Waals surface area contributed by atoms with Crippen LogP contribution in [0, 0.1) is 19.8 Å². The molecule has 3 amide bonds. The average molecular weight is 516 g/mol. The van der Waals surface area contributed by atoms with Crippen LogP contribution in [0.5, 0.6) is 17.2 Å². The highest BCUT2D eigenvalue weighted by atomic mass is 16.7. The summed E-state index contributed by atoms with van der Waals surface area (Å²) in [6.07, 6.45) is 0.143. The second-order valence-corrected chi connectivity index (χ2v) is 9.52. The van der Waals surface area contributed by atoms with Gasteiger partial charge in [0.25, 0.3) is 5.91 Å². The zero-order chi connectivity index (χ0) is 26.6. The van der Waals surface area contributed by atoms with Crippen LogP contribution in [0.3, 0.4) is 0 Å². The van der Waals surface area contributed by atoms with Crippen LogP contribution in [0.2, 0.25) is 0 Å². The first-order chi connectivity index (χ1) is 18.3. The third-order valence-corrected chi connectivity index (χ3v) is 6.42. The van der Waals surface area contributed by atoms with E-state index in [1.807, 2.05) is 50.2 Å². The number of benzene rings is 3. The van der Waals surface area contributed by atoms with Crippen LogP contribution in [0.1, 0.15) is 23.1 Å². The number of fused-ring (bicyclic) bond motifs is 1. The molecule has 2 aliphatic heterocycles. The third kappa shape index (κ3) is 5.88. The van der Waals surface area contributed by atoms with Crippen molar-refractivity contribution in [2.24, 2.45) is 5.92 Å². The molecule has 2 aliphatic rings. The Kier molecular flexibility index (Phi) is 7.17. The SMILES string of the molecule is Cc1cc(C)cc(NC(=O)COc2ccc(N3C[C@@H](C(=O)NCc4ccc5c(c4)OCO5)CC3=O)cc2)c1. The number of hydrogen-bond acceptors (Lipinski definition) is 6. The van der Waals surface area contributed by atoms with Gasteiger partial charge in [0.15, 0.2) is 18.1 Å². The monoisotopic (exact) mass is 515 g/mol. The van der Waals surface area contributed by atoms with E-state index in [2.05, 4.69) is 10.6 Å². The number of amides is 3. The van der Waals surface area contributed by atoms with Gasteiger partial charge in [-0.3, -0.25) is 14.4 Å². The average Bonchev–Trinajstić information content (AvgIpc) is 3.52. The van der Waals surface area contributed by atoms with Crippen LogP contribution in [-0.2, 0) is 20.9 Å². The summed E-state index contributed by atoms with van der Waals surface area (Å²) in [5.74, 6) is 0.865. The maximum atomic E-state index is 12.7. The van der Waals surface area contributed by atoms with E-state index in [1.54, 1.807) is 29.2 Å². The molecule has 0 saturated carbocycles. The minimum Gasteiger partial charge on any atom is -0.484 e. The normalized spacial score (nSPS) is 15.9. The number of nitrogens with one attached hydrogen (secondary N) is 2. The highest BCUT2D eigenvalue weighted by Crippen LogP contribution is 2.32. The van der Waals surface area contributed by atoms with Crippen LogP contribution in [0.4, 0.5) is 11.4 Å². The van der Waals surface area contributed by atoms with Crippen LogP contribution in [0.25, 0.3) is 0 Å². The molecule has 5 rings (SSSR count). The standard InChI is InChI=1S/C29H29N3O6/c1-18-9-19(2)11-22(10-18)31-27(33)16-36-24-6-4-23(5-7-24)32-15-21(13-28(32)34)29(35)30-14-20-3-8-25-26(12-20)38-17-37-25/h3-12,21H,13-17H2,1-2H3,(H,30,35)(H,31,33)/t21-/m0/s1. The molecule has 0 bridgehead atoms. The summed E-state index contributed by atoms with van der Waals surface area (Å²) >= 11 is 0. The molecule has 0 spiro atoms. The maximum absolute atomic E-state index is 12.7. The quantitative estimate of drug-likeness (QED) is 0.474. The van der Waals surface area contributed by atoms with Crippen LogP contribution >= 0.6 is 0 Å². The van der Waals surface area contributed by atoms with E-state index >= 15 is 0 Å². The van der Waals surface area contributed by atoms with Crippen LogP contribution in [-0.4, -0.2) is 37.7 Å². The van der Waals surface area contributed by atoms with E-state index < -0.39 is 5.92 Å². The zero-order valence-corrected chi connectivity index (χ0v) is 21.3. The number of ether oxygens (including phenoxy) is 3. The lowest BCUT2D eigenvalue weighted by Crippen LogP contribution is -2.32. The van der Waals surface area contributed by atoms with Gasteiger partial charge in [0.05, 0.1) is 5.92 Å². The number of nitrogens with zero attached hydrogens (tertiary/aromatic N) is 1. The molecular weight excluding hydrogens is 486 g/mol. The lowest BCUT2D eigenvalue weighted by atomic mass is 10.1. The van der Waals surface area contributed by atoms with Gasteiger partial charge in [-0.2, -0.15) is 0 Å². The van der Waals surface area contributed by atoms with Crippen molar-refractivity contribution in [3.63, 3.8) is 0 Å². The van der Waals surface area contributed by atoms with Crippen molar-refractivity contribution in [2.75, 3.05) is 30.2 Å². The van der Waals surface area contributed by atoms with E-state index in [4.69, 9.17) is 14.2 Å². The van der Waals surface area contributed by atoms with Gasteiger partial charge >= 0.3 is 0 Å². The maximum Gasteiger partial charge on any atom is 0.262 e. The Labute approximate surface area is 220 Å². The first-order valence-electron chi connectivity index (χ1n) is 12.4. The Hall–Kier alpha value is -4.53. The van der Waals surface area contributed by atoms with Gasteiger partial charge < -0.3 is 29.7 Å². The fourth-order valence-electron chi connectivity index (χ4n) is 4.63. The first-order valence-corrected chi connectivity index (χ1v) is 12.4. The van der Waals surface area contributed by atoms with Gasteiger partial charge in [0.1, 0.15) is 5.75 Å². The summed E-state index contributed by atoms with van der Waals surface area (Å²) < 4.78 is 16.3. The third-order valence-electron chi connectivity index (χ3n) is 6.42. The molecule has 196 valence electrons. The molecule has 0 aliphatic carbocycles. The number of aryl methyl sites for hydroxylation is 2. The predicted octanol–water partition coefficient (Wildman–Crippen LogP) is 3.72. The topological polar surface area (TPSA) is 106 Å². The molecule has 2 heterocycles. The molecule has 9 nitrogen and oxygen atoms in total. The van der Waals surface area contributed by atoms with Gasteiger partial charge in [0, 0.05) is 30.9 Å². The van der Waals surface area contributed by atoms with E-state index in [0.717, 1.165) is 22.4 Å². The van der Waals surface area contributed by atoms with Crippen molar-refractivity contribution >= 4 is 29.1 Å². The summed E-state index contributed by atoms with van der Waals surface area (Å²) in [5.41, 5.74) is 4.43. The van der Waals surface area contributed by atoms with E-state index in [9.17, 15) is 14.4 Å². The predicted molar refractivity (Wildman–Crippen MR) is 141 cm³/mol. The smallest absolute Gasteiger partial charge is 0.262 e. The van der Waals surface area contributed by atoms with Crippen molar-refractivity contribution in [3.8, 4) is 17.2 Å². The fourth-order valence-corrected chi connectivity index (χ4v) is 4.63. The highest BCUT2D eigenvalue weighted by Gasteiger charge is 2.35. The molecule has 9 heteroatoms. The summed E-state index contributed by atoms with van der Waals surface area (Å²) in [5, 5.41) is 5.75. The van der Waals surface area contributed by atoms with Gasteiger partial charge in [-0.25, -0.2) is 0 Å². The van der Waals surface area contributed by atoms with E-state index in [1.165, 1.54) is 0 Å². The second-order valence-electron chi connectivity index (χ2n) is 9.52. The minimum absolute atomic E-state index is 0.116. The Morgan fingerprint density at radius 3 is 2.47 bits per heavy atom. The summed E-state index contributed by atoms with van der Waals surface area (Å²) in [6, 6.07) is 18.3. The Morgan fingerprint density at radius 2 is 1.71 bits per heavy atom. The number of rotatable bonds is 8. The molecule has 3 aromatic carbocycles. The largest absolute Gasteiger partial charge is 0.484 e. The molecule has 1 saturated heterocycles. The molecule has 3 aromatic rings. The molecule has 38 heavy (non-hydrogen) atoms. The Bertz CT molecular complexity index is 1350. The molecular formula is C29H29N3O6. The Morgan fingerprint density at radius 1 is 0.974 bits per heavy atom. The van der Waals surface area contributed by atoms with Crippen molar-refractivity contribution in [2.45, 2.75) is 26.8 Å². The molecule has 0 radical (unpaired) electrons. The van der Waals surface area contributed by atoms with Crippen molar-refractivity contribution in [3.05, 3.63) is 77.4 Å². The number of anilines is 2. The number of carbonyl (C=O) groups is 3. The van der Waals surface area contributed by atoms with Gasteiger partial charge in [-0.05, 0) is 79.1 Å². The van der Waals surface area contributed by atoms with Crippen molar-refractivity contribution in [1.29, 1.82) is 0 Å². The Balaban J connectivity index is 1.11. The summed E-state index contributed by atoms with van der Waals surface area (Å²) in [7, 11) is 0. The highest BCUT2D eigenvalue weighted by molar-refractivity contribution is 6.00. The minimum atomic E-state index is -0.443. The van der Waals surface area contributed by atoms with E-state index in [-0.39, 0.29) is 37.5 Å². The van der Waals surface area contributed by atoms with Crippen molar-refractivity contribution in [1.82, 2.24) is 5.32 Å². The van der Waals surface area contributed by atoms with Crippen LogP contribution < -0.4 is 29.7 Å². The second kappa shape index (κ2) is 10.8. The number of carbonyl (C=O) groups excluding carboxylic acids is 3. The van der Waals surface area contributed by atoms with Crippen LogP contribution in [0.15, 0.2) is 60.7 Å². The molecule has 1 fully saturated rings. The molecule has 0 unspecified atom stereocenters. The van der Waals surface area contributed by atoms with Gasteiger partial charge in [0.2, 0.25) is 18.6 Å². The van der Waals surface area contributed by atoms with Crippen molar-refractivity contribution < 1.29 is 28.6 Å². The van der Waals surface area contributed by atoms with E-state index in [0.29, 0.717) is 36.0 Å². The molecule has 0 aromatic heterocycles. The molecule has 1 atom stereocenters. The first kappa shape index (κ1) is 25.1. The summed E-state index contributed by atoms with van der Waals surface area (Å²) in [4.78, 5) is 39.3. The fraction of sp³-hybridized carbons (Fsp3) is 0.276. The lowest BCUT2D eigenvalue weighted by molar-refractivity contribution is -0.126. The van der Waals surface area contributed by atoms with Gasteiger partial charge in [-0.15, -0.1) is 0 Å². The zero-order valence-electron chi connectivity index (χ0n) is 21.3. The lowest BCUT2D eigenvalue weighted by Gasteiger charge is -2.17.